The van der Waals surface area contributed by atoms with Crippen molar-refractivity contribution >= 4 is 11.5 Å². The van der Waals surface area contributed by atoms with Gasteiger partial charge in [0.05, 0.1) is 11.3 Å². The third-order valence-electron chi connectivity index (χ3n) is 3.11. The van der Waals surface area contributed by atoms with Crippen molar-refractivity contribution in [2.45, 2.75) is 27.2 Å². The van der Waals surface area contributed by atoms with E-state index in [-0.39, 0.29) is 35.5 Å². The van der Waals surface area contributed by atoms with Gasteiger partial charge >= 0.3 is 0 Å². The van der Waals surface area contributed by atoms with Gasteiger partial charge in [-0.05, 0) is 12.5 Å². The highest BCUT2D eigenvalue weighted by molar-refractivity contribution is 5.81. The molecule has 1 heterocycles. The van der Waals surface area contributed by atoms with Crippen molar-refractivity contribution in [1.29, 1.82) is 0 Å². The maximum absolute atomic E-state index is 11.7. The summed E-state index contributed by atoms with van der Waals surface area (Å²) in [6, 6.07) is 4.44. The van der Waals surface area contributed by atoms with Crippen LogP contribution >= 0.6 is 0 Å². The quantitative estimate of drug-likeness (QED) is 0.619. The van der Waals surface area contributed by atoms with Gasteiger partial charge in [-0.2, -0.15) is 4.98 Å². The van der Waals surface area contributed by atoms with E-state index in [1.807, 2.05) is 0 Å². The van der Waals surface area contributed by atoms with Crippen LogP contribution in [0.25, 0.3) is 11.4 Å². The average Bonchev–Trinajstić information content (AvgIpc) is 2.87. The highest BCUT2D eigenvalue weighted by Gasteiger charge is 2.17. The number of benzene rings is 1. The monoisotopic (exact) mass is 289 g/mol. The van der Waals surface area contributed by atoms with Crippen LogP contribution < -0.4 is 0 Å². The number of aryl methyl sites for hydroxylation is 1. The summed E-state index contributed by atoms with van der Waals surface area (Å²) in [5.41, 5.74) is 1.28. The zero-order chi connectivity index (χ0) is 15.6. The summed E-state index contributed by atoms with van der Waals surface area (Å²) in [4.78, 5) is 26.1. The van der Waals surface area contributed by atoms with Gasteiger partial charge in [0, 0.05) is 23.6 Å². The van der Waals surface area contributed by atoms with Crippen molar-refractivity contribution in [2.24, 2.45) is 5.92 Å². The maximum Gasteiger partial charge on any atom is 0.270 e. The number of non-ortho nitro benzene ring substituents is 1. The number of nitro benzene ring substituents is 1. The summed E-state index contributed by atoms with van der Waals surface area (Å²) in [5.74, 6) is 0.359. The van der Waals surface area contributed by atoms with Gasteiger partial charge in [0.1, 0.15) is 5.78 Å². The molecule has 0 fully saturated rings. The molecule has 0 spiro atoms. The molecule has 2 rings (SSSR count). The predicted molar refractivity (Wildman–Crippen MR) is 74.7 cm³/mol. The number of rotatable bonds is 5. The van der Waals surface area contributed by atoms with Crippen LogP contribution in [0, 0.1) is 23.0 Å². The Labute approximate surface area is 121 Å². The lowest BCUT2D eigenvalue weighted by Crippen LogP contribution is -2.10. The van der Waals surface area contributed by atoms with E-state index in [9.17, 15) is 14.9 Å². The second kappa shape index (κ2) is 5.82. The smallest absolute Gasteiger partial charge is 0.270 e. The number of nitrogens with zero attached hydrogens (tertiary/aromatic N) is 3. The van der Waals surface area contributed by atoms with Crippen LogP contribution in [0.5, 0.6) is 0 Å². The van der Waals surface area contributed by atoms with Crippen LogP contribution in [-0.4, -0.2) is 20.8 Å². The van der Waals surface area contributed by atoms with E-state index in [4.69, 9.17) is 4.52 Å². The number of carbonyl (C=O) groups excluding carboxylic acids is 1. The minimum absolute atomic E-state index is 0.000893. The van der Waals surface area contributed by atoms with Crippen molar-refractivity contribution in [1.82, 2.24) is 10.1 Å². The van der Waals surface area contributed by atoms with Gasteiger partial charge in [0.15, 0.2) is 0 Å². The number of ketones is 1. The van der Waals surface area contributed by atoms with Crippen molar-refractivity contribution < 1.29 is 14.2 Å². The molecule has 0 atom stereocenters. The molecule has 110 valence electrons. The topological polar surface area (TPSA) is 99.1 Å². The van der Waals surface area contributed by atoms with E-state index in [0.717, 1.165) is 5.56 Å². The highest BCUT2D eigenvalue weighted by atomic mass is 16.6. The number of nitro groups is 1. The van der Waals surface area contributed by atoms with Crippen LogP contribution in [0.1, 0.15) is 25.3 Å². The maximum atomic E-state index is 11.7. The lowest BCUT2D eigenvalue weighted by atomic mass is 10.1. The molecule has 0 saturated carbocycles. The Morgan fingerprint density at radius 2 is 2.14 bits per heavy atom. The SMILES string of the molecule is Cc1ccc([N+](=O)[O-])cc1-c1noc(CC(=O)C(C)C)n1. The first-order valence-electron chi connectivity index (χ1n) is 6.49. The Bertz CT molecular complexity index is 691. The zero-order valence-electron chi connectivity index (χ0n) is 12.0. The highest BCUT2D eigenvalue weighted by Crippen LogP contribution is 2.25. The molecule has 7 nitrogen and oxygen atoms in total. The number of aromatic nitrogens is 2. The van der Waals surface area contributed by atoms with E-state index in [0.29, 0.717) is 5.56 Å². The fraction of sp³-hybridized carbons (Fsp3) is 0.357. The molecule has 0 aliphatic carbocycles. The van der Waals surface area contributed by atoms with Crippen LogP contribution in [0.4, 0.5) is 5.69 Å². The molecule has 0 radical (unpaired) electrons. The van der Waals surface area contributed by atoms with Gasteiger partial charge in [0.2, 0.25) is 11.7 Å². The first kappa shape index (κ1) is 14.8. The fourth-order valence-corrected chi connectivity index (χ4v) is 1.75. The number of carbonyl (C=O) groups is 1. The normalized spacial score (nSPS) is 10.9. The Hall–Kier alpha value is -2.57. The lowest BCUT2D eigenvalue weighted by Gasteiger charge is -2.00. The standard InChI is InChI=1S/C14H15N3O4/c1-8(2)12(18)7-13-15-14(16-21-13)11-6-10(17(19)20)5-4-9(11)3/h4-6,8H,7H2,1-3H3. The Morgan fingerprint density at radius 1 is 1.43 bits per heavy atom. The number of hydrogen-bond acceptors (Lipinski definition) is 6. The van der Waals surface area contributed by atoms with Gasteiger partial charge < -0.3 is 4.52 Å². The molecule has 0 aliphatic heterocycles. The Balaban J connectivity index is 2.31. The summed E-state index contributed by atoms with van der Waals surface area (Å²) >= 11 is 0. The summed E-state index contributed by atoms with van der Waals surface area (Å²) in [6.45, 7) is 5.39. The molecule has 1 aromatic heterocycles. The summed E-state index contributed by atoms with van der Waals surface area (Å²) in [6.07, 6.45) is 0.0681. The van der Waals surface area contributed by atoms with Gasteiger partial charge in [-0.25, -0.2) is 0 Å². The third kappa shape index (κ3) is 3.31. The molecule has 0 bridgehead atoms. The number of hydrogen-bond donors (Lipinski definition) is 0. The van der Waals surface area contributed by atoms with Crippen LogP contribution in [-0.2, 0) is 11.2 Å². The molecule has 0 amide bonds. The minimum atomic E-state index is -0.480. The van der Waals surface area contributed by atoms with E-state index >= 15 is 0 Å². The molecule has 7 heteroatoms. The largest absolute Gasteiger partial charge is 0.339 e. The molecule has 0 N–H and O–H groups in total. The van der Waals surface area contributed by atoms with E-state index in [2.05, 4.69) is 10.1 Å². The van der Waals surface area contributed by atoms with E-state index < -0.39 is 4.92 Å². The first-order valence-corrected chi connectivity index (χ1v) is 6.49. The van der Waals surface area contributed by atoms with Gasteiger partial charge in [-0.1, -0.05) is 25.1 Å². The van der Waals surface area contributed by atoms with Crippen LogP contribution in [0.3, 0.4) is 0 Å². The van der Waals surface area contributed by atoms with Crippen LogP contribution in [0.2, 0.25) is 0 Å². The van der Waals surface area contributed by atoms with E-state index in [1.54, 1.807) is 26.8 Å². The van der Waals surface area contributed by atoms with E-state index in [1.165, 1.54) is 12.1 Å². The molecule has 0 unspecified atom stereocenters. The molecular weight excluding hydrogens is 274 g/mol. The van der Waals surface area contributed by atoms with Crippen LogP contribution in [0.15, 0.2) is 22.7 Å². The molecule has 0 aliphatic rings. The van der Waals surface area contributed by atoms with Crippen molar-refractivity contribution in [3.05, 3.63) is 39.8 Å². The molecule has 1 aromatic carbocycles. The lowest BCUT2D eigenvalue weighted by molar-refractivity contribution is -0.384. The van der Waals surface area contributed by atoms with Gasteiger partial charge in [-0.15, -0.1) is 0 Å². The fourth-order valence-electron chi connectivity index (χ4n) is 1.75. The summed E-state index contributed by atoms with van der Waals surface area (Å²) in [7, 11) is 0. The molecule has 2 aromatic rings. The molecule has 0 saturated heterocycles. The average molecular weight is 289 g/mol. The minimum Gasteiger partial charge on any atom is -0.339 e. The predicted octanol–water partition coefficient (Wildman–Crippen LogP) is 2.72. The van der Waals surface area contributed by atoms with Gasteiger partial charge in [-0.3, -0.25) is 14.9 Å². The van der Waals surface area contributed by atoms with Gasteiger partial charge in [0.25, 0.3) is 5.69 Å². The third-order valence-corrected chi connectivity index (χ3v) is 3.11. The Kier molecular flexibility index (Phi) is 4.11. The first-order chi connectivity index (χ1) is 9.88. The zero-order valence-corrected chi connectivity index (χ0v) is 12.0. The molecular formula is C14H15N3O4. The second-order valence-corrected chi connectivity index (χ2v) is 5.07. The van der Waals surface area contributed by atoms with Crippen molar-refractivity contribution in [3.8, 4) is 11.4 Å². The van der Waals surface area contributed by atoms with Crippen molar-refractivity contribution in [2.75, 3.05) is 0 Å². The molecule has 21 heavy (non-hydrogen) atoms. The summed E-state index contributed by atoms with van der Waals surface area (Å²) < 4.78 is 5.04. The number of Topliss-reactive ketones (excluding diaryl/α,β-unsaturated/α-hetero) is 1. The Morgan fingerprint density at radius 3 is 2.76 bits per heavy atom. The summed E-state index contributed by atoms with van der Waals surface area (Å²) in [5, 5.41) is 14.6. The van der Waals surface area contributed by atoms with Crippen molar-refractivity contribution in [3.63, 3.8) is 0 Å². The second-order valence-electron chi connectivity index (χ2n) is 5.07.